The fraction of sp³-hybridized carbons (Fsp3) is 0.111. The van der Waals surface area contributed by atoms with E-state index in [0.717, 1.165) is 11.3 Å². The number of carbonyl (C=O) groups is 1. The Labute approximate surface area is 141 Å². The van der Waals surface area contributed by atoms with Gasteiger partial charge in [-0.15, -0.1) is 0 Å². The van der Waals surface area contributed by atoms with E-state index in [-0.39, 0.29) is 5.56 Å². The van der Waals surface area contributed by atoms with Crippen LogP contribution < -0.4 is 11.3 Å². The van der Waals surface area contributed by atoms with Gasteiger partial charge in [0.1, 0.15) is 0 Å². The van der Waals surface area contributed by atoms with Crippen LogP contribution in [-0.4, -0.2) is 10.5 Å². The number of aromatic nitrogens is 1. The smallest absolute Gasteiger partial charge is 0.263 e. The van der Waals surface area contributed by atoms with Crippen LogP contribution in [0.4, 0.5) is 0 Å². The van der Waals surface area contributed by atoms with E-state index < -0.39 is 5.91 Å². The molecule has 3 rings (SSSR count). The Bertz CT molecular complexity index is 976. The topological polar surface area (TPSA) is 65.1 Å². The van der Waals surface area contributed by atoms with E-state index in [0.29, 0.717) is 27.4 Å². The number of nitrogens with two attached hydrogens (primary N) is 1. The Morgan fingerprint density at radius 3 is 2.30 bits per heavy atom. The van der Waals surface area contributed by atoms with E-state index in [9.17, 15) is 9.59 Å². The molecule has 2 aromatic carbocycles. The van der Waals surface area contributed by atoms with Crippen molar-refractivity contribution in [2.24, 2.45) is 5.73 Å². The van der Waals surface area contributed by atoms with Gasteiger partial charge in [0.05, 0.1) is 16.9 Å². The number of halogens is 1. The highest BCUT2D eigenvalue weighted by molar-refractivity contribution is 9.08. The third-order valence-corrected chi connectivity index (χ3v) is 4.45. The lowest BCUT2D eigenvalue weighted by atomic mass is 10.0. The fourth-order valence-electron chi connectivity index (χ4n) is 2.87. The first-order valence-corrected chi connectivity index (χ1v) is 8.26. The van der Waals surface area contributed by atoms with Gasteiger partial charge in [0, 0.05) is 16.1 Å². The van der Waals surface area contributed by atoms with Gasteiger partial charge in [0.15, 0.2) is 0 Å². The number of alkyl halides is 1. The van der Waals surface area contributed by atoms with E-state index in [1.807, 2.05) is 31.2 Å². The van der Waals surface area contributed by atoms with E-state index in [2.05, 4.69) is 15.9 Å². The van der Waals surface area contributed by atoms with Crippen molar-refractivity contribution in [2.75, 3.05) is 0 Å². The average Bonchev–Trinajstić information content (AvgIpc) is 2.55. The molecule has 2 N–H and O–H groups in total. The minimum Gasteiger partial charge on any atom is -0.366 e. The molecule has 0 aliphatic heterocycles. The molecule has 0 radical (unpaired) electrons. The second-order valence-electron chi connectivity index (χ2n) is 5.29. The van der Waals surface area contributed by atoms with Crippen molar-refractivity contribution in [1.82, 2.24) is 4.57 Å². The Morgan fingerprint density at radius 1 is 1.09 bits per heavy atom. The number of aryl methyl sites for hydroxylation is 1. The summed E-state index contributed by atoms with van der Waals surface area (Å²) in [5, 5.41) is 1.41. The predicted molar refractivity (Wildman–Crippen MR) is 95.4 cm³/mol. The zero-order valence-corrected chi connectivity index (χ0v) is 14.1. The average molecular weight is 371 g/mol. The van der Waals surface area contributed by atoms with Gasteiger partial charge < -0.3 is 5.73 Å². The van der Waals surface area contributed by atoms with Crippen LogP contribution in [0.5, 0.6) is 0 Å². The minimum atomic E-state index is -0.544. The maximum atomic E-state index is 13.0. The summed E-state index contributed by atoms with van der Waals surface area (Å²) in [5.74, 6) is -0.544. The van der Waals surface area contributed by atoms with Gasteiger partial charge in [0.25, 0.3) is 11.5 Å². The Hall–Kier alpha value is -2.40. The lowest BCUT2D eigenvalue weighted by Gasteiger charge is -2.18. The summed E-state index contributed by atoms with van der Waals surface area (Å²) in [5.41, 5.74) is 8.10. The van der Waals surface area contributed by atoms with Gasteiger partial charge in [-0.05, 0) is 24.6 Å². The lowest BCUT2D eigenvalue weighted by Crippen LogP contribution is -2.27. The van der Waals surface area contributed by atoms with E-state index in [4.69, 9.17) is 5.73 Å². The van der Waals surface area contributed by atoms with Gasteiger partial charge in [-0.1, -0.05) is 52.3 Å². The van der Waals surface area contributed by atoms with Gasteiger partial charge in [-0.3, -0.25) is 14.2 Å². The summed E-state index contributed by atoms with van der Waals surface area (Å²) >= 11 is 3.40. The van der Waals surface area contributed by atoms with Crippen molar-refractivity contribution >= 4 is 32.6 Å². The lowest BCUT2D eigenvalue weighted by molar-refractivity contribution is 0.100. The molecule has 0 aliphatic carbocycles. The molecule has 0 fully saturated rings. The van der Waals surface area contributed by atoms with Gasteiger partial charge >= 0.3 is 0 Å². The maximum Gasteiger partial charge on any atom is 0.263 e. The first kappa shape index (κ1) is 15.5. The van der Waals surface area contributed by atoms with E-state index in [1.165, 1.54) is 0 Å². The molecule has 0 unspecified atom stereocenters. The third-order valence-electron chi connectivity index (χ3n) is 3.92. The fourth-order valence-corrected chi connectivity index (χ4v) is 3.40. The molecule has 0 bridgehead atoms. The molecule has 23 heavy (non-hydrogen) atoms. The standard InChI is InChI=1S/C18H15BrN2O2/c1-11-6-2-5-9-14(11)21-15(10-19)16(17(20)22)12-7-3-4-8-13(12)18(21)23/h2-9H,10H2,1H3,(H2,20,22). The van der Waals surface area contributed by atoms with Crippen LogP contribution in [0.1, 0.15) is 21.6 Å². The molecule has 5 heteroatoms. The molecular formula is C18H15BrN2O2. The first-order chi connectivity index (χ1) is 11.1. The van der Waals surface area contributed by atoms with Crippen LogP contribution >= 0.6 is 15.9 Å². The Kier molecular flexibility index (Phi) is 4.05. The molecule has 1 amide bonds. The number of rotatable bonds is 3. The van der Waals surface area contributed by atoms with Crippen LogP contribution in [0.25, 0.3) is 16.5 Å². The molecule has 0 saturated carbocycles. The summed E-state index contributed by atoms with van der Waals surface area (Å²) in [6.45, 7) is 1.93. The molecule has 3 aromatic rings. The highest BCUT2D eigenvalue weighted by Gasteiger charge is 2.20. The molecule has 1 aromatic heterocycles. The number of benzene rings is 2. The van der Waals surface area contributed by atoms with Crippen molar-refractivity contribution in [3.05, 3.63) is 75.7 Å². The van der Waals surface area contributed by atoms with Crippen LogP contribution in [0.2, 0.25) is 0 Å². The predicted octanol–water partition coefficient (Wildman–Crippen LogP) is 3.29. The largest absolute Gasteiger partial charge is 0.366 e. The second kappa shape index (κ2) is 6.01. The van der Waals surface area contributed by atoms with E-state index >= 15 is 0 Å². The van der Waals surface area contributed by atoms with Gasteiger partial charge in [-0.25, -0.2) is 0 Å². The molecule has 4 nitrogen and oxygen atoms in total. The number of fused-ring (bicyclic) bond motifs is 1. The van der Waals surface area contributed by atoms with Crippen LogP contribution in [0, 0.1) is 6.92 Å². The zero-order valence-electron chi connectivity index (χ0n) is 12.5. The van der Waals surface area contributed by atoms with Crippen LogP contribution in [-0.2, 0) is 5.33 Å². The molecular weight excluding hydrogens is 356 g/mol. The summed E-state index contributed by atoms with van der Waals surface area (Å²) in [6, 6.07) is 14.6. The maximum absolute atomic E-state index is 13.0. The number of amides is 1. The first-order valence-electron chi connectivity index (χ1n) is 7.14. The number of hydrogen-bond acceptors (Lipinski definition) is 2. The zero-order chi connectivity index (χ0) is 16.6. The quantitative estimate of drug-likeness (QED) is 0.718. The highest BCUT2D eigenvalue weighted by Crippen LogP contribution is 2.25. The normalized spacial score (nSPS) is 10.9. The van der Waals surface area contributed by atoms with Crippen molar-refractivity contribution in [2.45, 2.75) is 12.3 Å². The summed E-state index contributed by atoms with van der Waals surface area (Å²) in [4.78, 5) is 25.1. The summed E-state index contributed by atoms with van der Waals surface area (Å²) in [6.07, 6.45) is 0. The second-order valence-corrected chi connectivity index (χ2v) is 5.85. The third kappa shape index (κ3) is 2.47. The van der Waals surface area contributed by atoms with Crippen molar-refractivity contribution in [3.8, 4) is 5.69 Å². The molecule has 0 atom stereocenters. The molecule has 0 aliphatic rings. The number of carbonyl (C=O) groups excluding carboxylic acids is 1. The SMILES string of the molecule is Cc1ccccc1-n1c(CBr)c(C(N)=O)c2ccccc2c1=O. The van der Waals surface area contributed by atoms with E-state index in [1.54, 1.807) is 28.8 Å². The Balaban J connectivity index is 2.57. The number of pyridine rings is 1. The number of primary amides is 1. The number of para-hydroxylation sites is 1. The highest BCUT2D eigenvalue weighted by atomic mass is 79.9. The molecule has 116 valence electrons. The molecule has 1 heterocycles. The number of hydrogen-bond donors (Lipinski definition) is 1. The Morgan fingerprint density at radius 2 is 1.70 bits per heavy atom. The summed E-state index contributed by atoms with van der Waals surface area (Å²) in [7, 11) is 0. The van der Waals surface area contributed by atoms with Crippen molar-refractivity contribution in [3.63, 3.8) is 0 Å². The van der Waals surface area contributed by atoms with Crippen LogP contribution in [0.15, 0.2) is 53.3 Å². The number of nitrogens with zero attached hydrogens (tertiary/aromatic N) is 1. The van der Waals surface area contributed by atoms with Crippen molar-refractivity contribution < 1.29 is 4.79 Å². The van der Waals surface area contributed by atoms with Gasteiger partial charge in [-0.2, -0.15) is 0 Å². The summed E-state index contributed by atoms with van der Waals surface area (Å²) < 4.78 is 1.58. The van der Waals surface area contributed by atoms with Gasteiger partial charge in [0.2, 0.25) is 0 Å². The molecule has 0 spiro atoms. The monoisotopic (exact) mass is 370 g/mol. The molecule has 0 saturated heterocycles. The minimum absolute atomic E-state index is 0.158. The van der Waals surface area contributed by atoms with Crippen molar-refractivity contribution in [1.29, 1.82) is 0 Å². The van der Waals surface area contributed by atoms with Crippen LogP contribution in [0.3, 0.4) is 0 Å².